The second kappa shape index (κ2) is 5.54. The topological polar surface area (TPSA) is 50.5 Å². The first-order valence-electron chi connectivity index (χ1n) is 6.97. The van der Waals surface area contributed by atoms with Gasteiger partial charge in [0.15, 0.2) is 11.6 Å². The van der Waals surface area contributed by atoms with E-state index in [1.54, 1.807) is 0 Å². The van der Waals surface area contributed by atoms with E-state index in [1.807, 2.05) is 0 Å². The van der Waals surface area contributed by atoms with Crippen LogP contribution in [0.4, 0.5) is 20.2 Å². The van der Waals surface area contributed by atoms with E-state index in [4.69, 9.17) is 10.5 Å². The van der Waals surface area contributed by atoms with Crippen molar-refractivity contribution in [2.75, 3.05) is 37.3 Å². The van der Waals surface area contributed by atoms with Crippen LogP contribution in [0.3, 0.4) is 0 Å². The third kappa shape index (κ3) is 2.71. The summed E-state index contributed by atoms with van der Waals surface area (Å²) in [5.74, 6) is -1.34. The van der Waals surface area contributed by atoms with E-state index in [-0.39, 0.29) is 17.5 Å². The van der Waals surface area contributed by atoms with Crippen molar-refractivity contribution in [3.05, 3.63) is 23.8 Å². The predicted molar refractivity (Wildman–Crippen MR) is 73.6 cm³/mol. The number of hydrogen-bond donors (Lipinski definition) is 2. The second-order valence-electron chi connectivity index (χ2n) is 5.49. The third-order valence-electron chi connectivity index (χ3n) is 4.03. The fourth-order valence-electron chi connectivity index (χ4n) is 2.99. The number of nitrogen functional groups attached to an aromatic ring is 1. The summed E-state index contributed by atoms with van der Waals surface area (Å²) < 4.78 is 33.0. The van der Waals surface area contributed by atoms with Gasteiger partial charge >= 0.3 is 0 Å². The van der Waals surface area contributed by atoms with E-state index in [0.717, 1.165) is 25.2 Å². The van der Waals surface area contributed by atoms with Crippen LogP contribution in [0.25, 0.3) is 0 Å². The van der Waals surface area contributed by atoms with Gasteiger partial charge in [0.25, 0.3) is 0 Å². The molecule has 6 heteroatoms. The minimum absolute atomic E-state index is 0.0410. The summed E-state index contributed by atoms with van der Waals surface area (Å²) in [5, 5.41) is 2.80. The molecular formula is C14H19F2N3O. The molecule has 0 spiro atoms. The Labute approximate surface area is 116 Å². The molecule has 0 radical (unpaired) electrons. The van der Waals surface area contributed by atoms with Crippen LogP contribution in [0.15, 0.2) is 12.1 Å². The van der Waals surface area contributed by atoms with Gasteiger partial charge in [-0.25, -0.2) is 8.78 Å². The molecule has 3 N–H and O–H groups in total. The fraction of sp³-hybridized carbons (Fsp3) is 0.571. The van der Waals surface area contributed by atoms with Crippen LogP contribution in [-0.4, -0.2) is 43.3 Å². The standard InChI is InChI=1S/C14H19F2N3O/c15-12-4-9(17)5-13(16)14(12)18-6-11-7-19-3-1-2-10(19)8-20-11/h4-5,10-11,18H,1-3,6-8,17H2. The molecule has 2 fully saturated rings. The number of rotatable bonds is 3. The molecule has 0 aliphatic carbocycles. The summed E-state index contributed by atoms with van der Waals surface area (Å²) in [6, 6.07) is 2.75. The van der Waals surface area contributed by atoms with Crippen LogP contribution in [0.5, 0.6) is 0 Å². The quantitative estimate of drug-likeness (QED) is 0.831. The molecule has 2 aliphatic heterocycles. The zero-order chi connectivity index (χ0) is 14.1. The predicted octanol–water partition coefficient (Wildman–Crippen LogP) is 1.82. The molecule has 110 valence electrons. The summed E-state index contributed by atoms with van der Waals surface area (Å²) in [5.41, 5.74) is 5.34. The van der Waals surface area contributed by atoms with Crippen LogP contribution < -0.4 is 11.1 Å². The number of halogens is 2. The van der Waals surface area contributed by atoms with Crippen LogP contribution in [0.2, 0.25) is 0 Å². The van der Waals surface area contributed by atoms with Crippen molar-refractivity contribution in [1.29, 1.82) is 0 Å². The van der Waals surface area contributed by atoms with E-state index >= 15 is 0 Å². The minimum atomic E-state index is -0.669. The van der Waals surface area contributed by atoms with Gasteiger partial charge in [-0.15, -0.1) is 0 Å². The Hall–Kier alpha value is -1.40. The molecule has 0 aromatic heterocycles. The van der Waals surface area contributed by atoms with Gasteiger partial charge in [0.1, 0.15) is 5.69 Å². The van der Waals surface area contributed by atoms with Gasteiger partial charge < -0.3 is 15.8 Å². The maximum atomic E-state index is 13.6. The van der Waals surface area contributed by atoms with E-state index < -0.39 is 11.6 Å². The molecule has 4 nitrogen and oxygen atoms in total. The van der Waals surface area contributed by atoms with Gasteiger partial charge in [-0.1, -0.05) is 0 Å². The summed E-state index contributed by atoms with van der Waals surface area (Å²) in [4.78, 5) is 2.39. The molecule has 2 saturated heterocycles. The van der Waals surface area contributed by atoms with Crippen molar-refractivity contribution in [1.82, 2.24) is 4.90 Å². The van der Waals surface area contributed by atoms with Gasteiger partial charge in [-0.05, 0) is 31.5 Å². The second-order valence-corrected chi connectivity index (χ2v) is 5.49. The number of nitrogens with zero attached hydrogens (tertiary/aromatic N) is 1. The highest BCUT2D eigenvalue weighted by molar-refractivity contribution is 5.54. The van der Waals surface area contributed by atoms with Crippen LogP contribution in [-0.2, 0) is 4.74 Å². The summed E-state index contributed by atoms with van der Waals surface area (Å²) in [7, 11) is 0. The molecule has 20 heavy (non-hydrogen) atoms. The SMILES string of the molecule is Nc1cc(F)c(NCC2CN3CCCC3CO2)c(F)c1. The van der Waals surface area contributed by atoms with Crippen molar-refractivity contribution in [3.63, 3.8) is 0 Å². The smallest absolute Gasteiger partial charge is 0.151 e. The van der Waals surface area contributed by atoms with Crippen molar-refractivity contribution in [3.8, 4) is 0 Å². The lowest BCUT2D eigenvalue weighted by Crippen LogP contribution is -2.48. The number of nitrogens with one attached hydrogen (secondary N) is 1. The molecule has 3 rings (SSSR count). The highest BCUT2D eigenvalue weighted by Crippen LogP contribution is 2.24. The first kappa shape index (κ1) is 13.6. The Kier molecular flexibility index (Phi) is 3.76. The van der Waals surface area contributed by atoms with E-state index in [9.17, 15) is 8.78 Å². The summed E-state index contributed by atoms with van der Waals surface area (Å²) in [6.07, 6.45) is 2.34. The van der Waals surface area contributed by atoms with Crippen molar-refractivity contribution >= 4 is 11.4 Å². The maximum Gasteiger partial charge on any atom is 0.151 e. The van der Waals surface area contributed by atoms with Crippen molar-refractivity contribution < 1.29 is 13.5 Å². The number of hydrogen-bond acceptors (Lipinski definition) is 4. The lowest BCUT2D eigenvalue weighted by Gasteiger charge is -2.35. The molecule has 2 heterocycles. The highest BCUT2D eigenvalue weighted by Gasteiger charge is 2.32. The molecular weight excluding hydrogens is 264 g/mol. The average molecular weight is 283 g/mol. The molecule has 2 atom stereocenters. The first-order chi connectivity index (χ1) is 9.63. The zero-order valence-electron chi connectivity index (χ0n) is 11.2. The number of fused-ring (bicyclic) bond motifs is 1. The van der Waals surface area contributed by atoms with E-state index in [1.165, 1.54) is 12.8 Å². The van der Waals surface area contributed by atoms with Crippen LogP contribution in [0.1, 0.15) is 12.8 Å². The number of benzene rings is 1. The largest absolute Gasteiger partial charge is 0.399 e. The van der Waals surface area contributed by atoms with E-state index in [0.29, 0.717) is 19.2 Å². The van der Waals surface area contributed by atoms with Crippen LogP contribution in [0, 0.1) is 11.6 Å². The lowest BCUT2D eigenvalue weighted by molar-refractivity contribution is -0.0416. The minimum Gasteiger partial charge on any atom is -0.399 e. The highest BCUT2D eigenvalue weighted by atomic mass is 19.1. The Bertz CT molecular complexity index is 474. The molecule has 1 aromatic carbocycles. The number of anilines is 2. The molecule has 0 saturated carbocycles. The lowest BCUT2D eigenvalue weighted by atomic mass is 10.2. The monoisotopic (exact) mass is 283 g/mol. The number of nitrogens with two attached hydrogens (primary N) is 1. The number of ether oxygens (including phenoxy) is 1. The fourth-order valence-corrected chi connectivity index (χ4v) is 2.99. The van der Waals surface area contributed by atoms with Gasteiger partial charge in [0.2, 0.25) is 0 Å². The van der Waals surface area contributed by atoms with Gasteiger partial charge in [0.05, 0.1) is 12.7 Å². The van der Waals surface area contributed by atoms with Crippen molar-refractivity contribution in [2.24, 2.45) is 0 Å². The maximum absolute atomic E-state index is 13.6. The molecule has 1 aromatic rings. The Morgan fingerprint density at radius 1 is 1.35 bits per heavy atom. The first-order valence-corrected chi connectivity index (χ1v) is 6.97. The zero-order valence-corrected chi connectivity index (χ0v) is 11.2. The summed E-state index contributed by atoms with van der Waals surface area (Å²) >= 11 is 0. The Balaban J connectivity index is 1.60. The van der Waals surface area contributed by atoms with Crippen molar-refractivity contribution in [2.45, 2.75) is 25.0 Å². The third-order valence-corrected chi connectivity index (χ3v) is 4.03. The van der Waals surface area contributed by atoms with Gasteiger partial charge in [0, 0.05) is 24.8 Å². The van der Waals surface area contributed by atoms with Crippen LogP contribution >= 0.6 is 0 Å². The Morgan fingerprint density at radius 2 is 2.10 bits per heavy atom. The van der Waals surface area contributed by atoms with E-state index in [2.05, 4.69) is 10.2 Å². The average Bonchev–Trinajstić information content (AvgIpc) is 2.84. The molecule has 2 unspecified atom stereocenters. The Morgan fingerprint density at radius 3 is 2.85 bits per heavy atom. The molecule has 2 aliphatic rings. The molecule has 0 bridgehead atoms. The summed E-state index contributed by atoms with van der Waals surface area (Å²) in [6.45, 7) is 3.00. The number of morpholine rings is 1. The van der Waals surface area contributed by atoms with Gasteiger partial charge in [-0.3, -0.25) is 4.90 Å². The molecule has 0 amide bonds. The van der Waals surface area contributed by atoms with Gasteiger partial charge in [-0.2, -0.15) is 0 Å². The normalized spacial score (nSPS) is 26.5.